The van der Waals surface area contributed by atoms with Crippen molar-refractivity contribution in [1.82, 2.24) is 0 Å². The third kappa shape index (κ3) is 1.52. The lowest BCUT2D eigenvalue weighted by molar-refractivity contribution is 0.575. The normalized spacial score (nSPS) is 20.2. The van der Waals surface area contributed by atoms with Crippen molar-refractivity contribution in [2.24, 2.45) is 11.7 Å². The molecule has 2 rings (SSSR count). The molecular formula is C12H16N2. The summed E-state index contributed by atoms with van der Waals surface area (Å²) in [6, 6.07) is 6.42. The first-order valence-electron chi connectivity index (χ1n) is 5.09. The Bertz CT molecular complexity index is 369. The van der Waals surface area contributed by atoms with E-state index >= 15 is 0 Å². The van der Waals surface area contributed by atoms with E-state index in [0.717, 1.165) is 19.3 Å². The van der Waals surface area contributed by atoms with Crippen LogP contribution in [0.5, 0.6) is 0 Å². The van der Waals surface area contributed by atoms with Gasteiger partial charge in [-0.15, -0.1) is 0 Å². The lowest BCUT2D eigenvalue weighted by Gasteiger charge is -2.24. The molecule has 0 saturated heterocycles. The molecule has 2 nitrogen and oxygen atoms in total. The van der Waals surface area contributed by atoms with E-state index in [0.29, 0.717) is 5.84 Å². The molecule has 0 heterocycles. The van der Waals surface area contributed by atoms with E-state index in [9.17, 15) is 0 Å². The Morgan fingerprint density at radius 1 is 1.50 bits per heavy atom. The number of fused-ring (bicyclic) bond motifs is 1. The lowest BCUT2D eigenvalue weighted by Crippen LogP contribution is -2.28. The molecule has 0 aliphatic heterocycles. The van der Waals surface area contributed by atoms with Gasteiger partial charge in [0.15, 0.2) is 0 Å². The summed E-state index contributed by atoms with van der Waals surface area (Å²) < 4.78 is 0. The summed E-state index contributed by atoms with van der Waals surface area (Å²) in [5, 5.41) is 7.46. The van der Waals surface area contributed by atoms with Crippen LogP contribution in [0.1, 0.15) is 23.1 Å². The van der Waals surface area contributed by atoms with Gasteiger partial charge in [-0.25, -0.2) is 0 Å². The summed E-state index contributed by atoms with van der Waals surface area (Å²) >= 11 is 0. The molecule has 1 aromatic rings. The Kier molecular flexibility index (Phi) is 2.28. The average Bonchev–Trinajstić information content (AvgIpc) is 2.17. The van der Waals surface area contributed by atoms with E-state index in [1.165, 1.54) is 16.7 Å². The van der Waals surface area contributed by atoms with Gasteiger partial charge in [0, 0.05) is 5.92 Å². The van der Waals surface area contributed by atoms with Crippen molar-refractivity contribution in [3.8, 4) is 0 Å². The third-order valence-electron chi connectivity index (χ3n) is 3.16. The Labute approximate surface area is 84.6 Å². The average molecular weight is 188 g/mol. The van der Waals surface area contributed by atoms with Crippen LogP contribution in [-0.2, 0) is 12.8 Å². The van der Waals surface area contributed by atoms with Crippen LogP contribution in [0.3, 0.4) is 0 Å². The zero-order chi connectivity index (χ0) is 10.1. The highest BCUT2D eigenvalue weighted by atomic mass is 14.7. The van der Waals surface area contributed by atoms with E-state index in [1.807, 2.05) is 0 Å². The first kappa shape index (κ1) is 9.25. The molecular weight excluding hydrogens is 172 g/mol. The van der Waals surface area contributed by atoms with Crippen molar-refractivity contribution in [1.29, 1.82) is 5.41 Å². The topological polar surface area (TPSA) is 49.9 Å². The van der Waals surface area contributed by atoms with Gasteiger partial charge in [0.05, 0.1) is 5.84 Å². The fourth-order valence-corrected chi connectivity index (χ4v) is 2.26. The number of hydrogen-bond donors (Lipinski definition) is 2. The van der Waals surface area contributed by atoms with Gasteiger partial charge in [-0.3, -0.25) is 5.41 Å². The van der Waals surface area contributed by atoms with Crippen LogP contribution in [0.4, 0.5) is 0 Å². The van der Waals surface area contributed by atoms with E-state index in [1.54, 1.807) is 0 Å². The van der Waals surface area contributed by atoms with Gasteiger partial charge in [0.2, 0.25) is 0 Å². The van der Waals surface area contributed by atoms with E-state index < -0.39 is 0 Å². The molecule has 1 unspecified atom stereocenters. The molecule has 0 amide bonds. The van der Waals surface area contributed by atoms with Crippen LogP contribution in [0.15, 0.2) is 18.2 Å². The van der Waals surface area contributed by atoms with Gasteiger partial charge < -0.3 is 5.73 Å². The second-order valence-corrected chi connectivity index (χ2v) is 4.11. The molecule has 1 atom stereocenters. The maximum atomic E-state index is 7.46. The SMILES string of the molecule is Cc1cccc2c1CCC(C(=N)N)C2. The maximum Gasteiger partial charge on any atom is 0.0940 e. The highest BCUT2D eigenvalue weighted by Gasteiger charge is 2.21. The molecule has 3 N–H and O–H groups in total. The van der Waals surface area contributed by atoms with Gasteiger partial charge in [0.1, 0.15) is 0 Å². The van der Waals surface area contributed by atoms with E-state index in [-0.39, 0.29) is 5.92 Å². The molecule has 0 fully saturated rings. The number of hydrogen-bond acceptors (Lipinski definition) is 1. The number of amidine groups is 1. The summed E-state index contributed by atoms with van der Waals surface area (Å²) in [5.41, 5.74) is 9.79. The molecule has 2 heteroatoms. The molecule has 74 valence electrons. The molecule has 0 spiro atoms. The second kappa shape index (κ2) is 3.45. The van der Waals surface area contributed by atoms with Crippen LogP contribution >= 0.6 is 0 Å². The smallest absolute Gasteiger partial charge is 0.0940 e. The summed E-state index contributed by atoms with van der Waals surface area (Å²) in [6.45, 7) is 2.16. The Hall–Kier alpha value is -1.31. The quantitative estimate of drug-likeness (QED) is 0.514. The van der Waals surface area contributed by atoms with Gasteiger partial charge >= 0.3 is 0 Å². The van der Waals surface area contributed by atoms with E-state index in [4.69, 9.17) is 11.1 Å². The highest BCUT2D eigenvalue weighted by Crippen LogP contribution is 2.27. The number of nitrogens with one attached hydrogen (secondary N) is 1. The largest absolute Gasteiger partial charge is 0.387 e. The molecule has 1 aromatic carbocycles. The summed E-state index contributed by atoms with van der Waals surface area (Å²) in [6.07, 6.45) is 3.06. The second-order valence-electron chi connectivity index (χ2n) is 4.11. The zero-order valence-corrected chi connectivity index (χ0v) is 8.51. The van der Waals surface area contributed by atoms with Gasteiger partial charge in [-0.05, 0) is 42.9 Å². The molecule has 0 radical (unpaired) electrons. The molecule has 1 aliphatic carbocycles. The van der Waals surface area contributed by atoms with E-state index in [2.05, 4.69) is 25.1 Å². The lowest BCUT2D eigenvalue weighted by atomic mass is 9.81. The van der Waals surface area contributed by atoms with Gasteiger partial charge in [-0.1, -0.05) is 18.2 Å². The van der Waals surface area contributed by atoms with Crippen LogP contribution in [0.25, 0.3) is 0 Å². The summed E-state index contributed by atoms with van der Waals surface area (Å²) in [4.78, 5) is 0. The van der Waals surface area contributed by atoms with Crippen molar-refractivity contribution in [2.45, 2.75) is 26.2 Å². The van der Waals surface area contributed by atoms with Gasteiger partial charge in [0.25, 0.3) is 0 Å². The molecule has 14 heavy (non-hydrogen) atoms. The minimum atomic E-state index is 0.268. The van der Waals surface area contributed by atoms with Crippen LogP contribution in [0, 0.1) is 18.3 Å². The van der Waals surface area contributed by atoms with Crippen molar-refractivity contribution in [2.75, 3.05) is 0 Å². The monoisotopic (exact) mass is 188 g/mol. The fraction of sp³-hybridized carbons (Fsp3) is 0.417. The van der Waals surface area contributed by atoms with Crippen LogP contribution < -0.4 is 5.73 Å². The van der Waals surface area contributed by atoms with Crippen molar-refractivity contribution in [3.63, 3.8) is 0 Å². The molecule has 0 saturated carbocycles. The van der Waals surface area contributed by atoms with Crippen molar-refractivity contribution < 1.29 is 0 Å². The summed E-state index contributed by atoms with van der Waals surface area (Å²) in [5.74, 6) is 0.612. The maximum absolute atomic E-state index is 7.46. The Balaban J connectivity index is 2.31. The number of benzene rings is 1. The Morgan fingerprint density at radius 2 is 2.29 bits per heavy atom. The predicted molar refractivity (Wildman–Crippen MR) is 58.6 cm³/mol. The molecule has 0 aromatic heterocycles. The predicted octanol–water partition coefficient (Wildman–Crippen LogP) is 2.04. The highest BCUT2D eigenvalue weighted by molar-refractivity contribution is 5.80. The number of nitrogens with two attached hydrogens (primary N) is 1. The van der Waals surface area contributed by atoms with Crippen LogP contribution in [0.2, 0.25) is 0 Å². The minimum Gasteiger partial charge on any atom is -0.387 e. The first-order valence-corrected chi connectivity index (χ1v) is 5.09. The minimum absolute atomic E-state index is 0.268. The first-order chi connectivity index (χ1) is 6.68. The number of rotatable bonds is 1. The molecule has 0 bridgehead atoms. The zero-order valence-electron chi connectivity index (χ0n) is 8.51. The third-order valence-corrected chi connectivity index (χ3v) is 3.16. The fourth-order valence-electron chi connectivity index (χ4n) is 2.26. The number of aryl methyl sites for hydroxylation is 1. The van der Waals surface area contributed by atoms with Crippen LogP contribution in [-0.4, -0.2) is 5.84 Å². The Morgan fingerprint density at radius 3 is 3.00 bits per heavy atom. The summed E-state index contributed by atoms with van der Waals surface area (Å²) in [7, 11) is 0. The molecule has 1 aliphatic rings. The van der Waals surface area contributed by atoms with Gasteiger partial charge in [-0.2, -0.15) is 0 Å². The standard InChI is InChI=1S/C12H16N2/c1-8-3-2-4-9-7-10(12(13)14)5-6-11(8)9/h2-4,10H,5-7H2,1H3,(H3,13,14). The van der Waals surface area contributed by atoms with Crippen molar-refractivity contribution >= 4 is 5.84 Å². The van der Waals surface area contributed by atoms with Crippen molar-refractivity contribution in [3.05, 3.63) is 34.9 Å².